The number of esters is 2. The van der Waals surface area contributed by atoms with Gasteiger partial charge in [0.05, 0.1) is 40.8 Å². The molecular weight excluding hydrogens is 1040 g/mol. The van der Waals surface area contributed by atoms with Crippen molar-refractivity contribution in [1.29, 1.82) is 0 Å². The number of nitrogens with one attached hydrogen (secondary N) is 3. The van der Waals surface area contributed by atoms with Gasteiger partial charge in [0, 0.05) is 106 Å². The van der Waals surface area contributed by atoms with Crippen molar-refractivity contribution in [2.24, 2.45) is 29.6 Å². The number of carbonyl (C=O) groups is 5. The number of aromatic nitrogens is 1. The molecule has 6 heterocycles. The number of methoxy groups -OCH3 is 1. The number of hydroxylamine groups is 1. The van der Waals surface area contributed by atoms with Gasteiger partial charge in [-0.2, -0.15) is 0 Å². The van der Waals surface area contributed by atoms with Gasteiger partial charge in [-0.1, -0.05) is 59.8 Å². The minimum Gasteiger partial charge on any atom is -0.507 e. The van der Waals surface area contributed by atoms with E-state index in [2.05, 4.69) is 29.4 Å². The van der Waals surface area contributed by atoms with E-state index in [-0.39, 0.29) is 45.1 Å². The lowest BCUT2D eigenvalue weighted by atomic mass is 9.78. The number of aliphatic hydroxyl groups is 3. The fourth-order valence-corrected chi connectivity index (χ4v) is 10.7. The van der Waals surface area contributed by atoms with Crippen LogP contribution in [0.1, 0.15) is 61.0 Å². The van der Waals surface area contributed by atoms with Crippen molar-refractivity contribution < 1.29 is 77.3 Å². The zero-order chi connectivity index (χ0) is 58.2. The molecule has 10 atom stereocenters. The van der Waals surface area contributed by atoms with E-state index < -0.39 is 141 Å². The largest absolute Gasteiger partial charge is 0.507 e. The lowest BCUT2D eigenvalue weighted by Crippen LogP contribution is -2.47. The minimum absolute atomic E-state index is 0.0572. The Morgan fingerprint density at radius 1 is 0.950 bits per heavy atom. The Kier molecular flexibility index (Phi) is 17.3. The van der Waals surface area contributed by atoms with E-state index in [1.165, 1.54) is 64.5 Å². The normalized spacial score (nSPS) is 28.5. The van der Waals surface area contributed by atoms with Gasteiger partial charge in [-0.3, -0.25) is 38.5 Å². The molecule has 0 spiro atoms. The zero-order valence-corrected chi connectivity index (χ0v) is 46.1. The van der Waals surface area contributed by atoms with Crippen LogP contribution in [0.15, 0.2) is 62.3 Å². The van der Waals surface area contributed by atoms with Crippen LogP contribution in [0, 0.1) is 36.5 Å². The monoisotopic (exact) mass is 1110 g/mol. The molecule has 0 aliphatic carbocycles. The molecule has 2 saturated heterocycles. The SMILES string of the molecule is COC1/C=C/OC2(C)Oc3c(C)c(O)c4c(=O)c(c5oc6cc(N7CCN(CC(C)C)CC7)cc(=O)c6nc5c4c3=C2O)NC(=O)/C(COC(=O)C(=O)NC2CONC2=O)=C\C=C\C(C)C(O)C(C)C(O)C(C)C(OC(C)=O)C1C. The molecule has 2 fully saturated rings. The first-order chi connectivity index (χ1) is 37.8. The highest BCUT2D eigenvalue weighted by Crippen LogP contribution is 2.42. The molecule has 80 heavy (non-hydrogen) atoms. The summed E-state index contributed by atoms with van der Waals surface area (Å²) in [6, 6.07) is 1.77. The number of hydrogen-bond donors (Lipinski definition) is 7. The van der Waals surface area contributed by atoms with Gasteiger partial charge in [0.2, 0.25) is 10.9 Å². The second kappa shape index (κ2) is 23.6. The number of nitrogens with zero attached hydrogens (tertiary/aromatic N) is 3. The molecule has 24 heteroatoms. The number of carbonyl (C=O) groups excluding carboxylic acids is 5. The number of aliphatic hydroxyl groups excluding tert-OH is 3. The summed E-state index contributed by atoms with van der Waals surface area (Å²) in [6.07, 6.45) is 2.21. The molecule has 430 valence electrons. The van der Waals surface area contributed by atoms with Crippen molar-refractivity contribution in [3.8, 4) is 11.5 Å². The van der Waals surface area contributed by atoms with E-state index in [4.69, 9.17) is 37.9 Å². The molecule has 24 nitrogen and oxygen atoms in total. The van der Waals surface area contributed by atoms with Crippen molar-refractivity contribution >= 4 is 79.8 Å². The van der Waals surface area contributed by atoms with Crippen LogP contribution < -0.4 is 41.8 Å². The smallest absolute Gasteiger partial charge is 0.397 e. The number of phenols is 1. The number of rotatable bonds is 8. The highest BCUT2D eigenvalue weighted by Gasteiger charge is 2.44. The number of hydrogen-bond acceptors (Lipinski definition) is 21. The number of piperazine rings is 1. The molecule has 4 aromatic rings. The van der Waals surface area contributed by atoms with E-state index in [9.17, 15) is 49.2 Å². The van der Waals surface area contributed by atoms with Gasteiger partial charge in [-0.15, -0.1) is 0 Å². The van der Waals surface area contributed by atoms with Crippen LogP contribution in [-0.4, -0.2) is 149 Å². The van der Waals surface area contributed by atoms with E-state index >= 15 is 4.79 Å². The van der Waals surface area contributed by atoms with Crippen LogP contribution in [0.2, 0.25) is 0 Å². The van der Waals surface area contributed by atoms with Crippen molar-refractivity contribution in [2.45, 2.75) is 98.6 Å². The Morgan fingerprint density at radius 3 is 2.31 bits per heavy atom. The van der Waals surface area contributed by atoms with Crippen LogP contribution in [0.5, 0.6) is 11.5 Å². The molecule has 3 aromatic carbocycles. The Labute approximate surface area is 458 Å². The fraction of sp³-hybridized carbons (Fsp3) is 0.500. The molecule has 5 aliphatic rings. The summed E-state index contributed by atoms with van der Waals surface area (Å²) in [5, 5.41) is 51.6. The first kappa shape index (κ1) is 58.5. The number of anilines is 2. The average Bonchev–Trinajstić information content (AvgIpc) is 3.95. The Morgan fingerprint density at radius 2 is 1.66 bits per heavy atom. The van der Waals surface area contributed by atoms with Crippen molar-refractivity contribution in [2.75, 3.05) is 63.3 Å². The third-order valence-electron chi connectivity index (χ3n) is 15.3. The van der Waals surface area contributed by atoms with Gasteiger partial charge < -0.3 is 64.1 Å². The maximum atomic E-state index is 15.3. The molecule has 0 radical (unpaired) electrons. The van der Waals surface area contributed by atoms with E-state index in [1.54, 1.807) is 33.8 Å². The maximum Gasteiger partial charge on any atom is 0.397 e. The summed E-state index contributed by atoms with van der Waals surface area (Å²) in [4.78, 5) is 109. The summed E-state index contributed by atoms with van der Waals surface area (Å²) in [5.74, 6) is -11.6. The van der Waals surface area contributed by atoms with Gasteiger partial charge in [-0.25, -0.2) is 15.3 Å². The lowest BCUT2D eigenvalue weighted by Gasteiger charge is -2.38. The second-order valence-corrected chi connectivity index (χ2v) is 21.4. The van der Waals surface area contributed by atoms with Crippen LogP contribution in [0.3, 0.4) is 0 Å². The van der Waals surface area contributed by atoms with E-state index in [0.29, 0.717) is 24.7 Å². The maximum absolute atomic E-state index is 15.3. The van der Waals surface area contributed by atoms with Gasteiger partial charge in [0.25, 0.3) is 11.8 Å². The lowest BCUT2D eigenvalue weighted by molar-refractivity contribution is -0.160. The van der Waals surface area contributed by atoms with Gasteiger partial charge in [0.1, 0.15) is 48.1 Å². The van der Waals surface area contributed by atoms with Crippen LogP contribution in [0.25, 0.3) is 38.7 Å². The number of ether oxygens (including phenoxy) is 5. The van der Waals surface area contributed by atoms with Crippen LogP contribution >= 0.6 is 0 Å². The first-order valence-corrected chi connectivity index (χ1v) is 26.4. The summed E-state index contributed by atoms with van der Waals surface area (Å²) >= 11 is 0. The standard InChI is InChI=1S/C56H68N6O18/c1-25(2)22-61-15-17-62(18-16-61)33-20-35(64)41-37(21-33)79-50-42(58-41)38-39-46(67)30(7)49-40(38)51(69)56(9,80-49)76-19-14-36(74-10)27(4)48(78-31(8)63)29(6)45(66)28(5)44(65)26(3)12-11-13-32(52(70)59-43(50)47(39)68)23-75-55(73)54(72)57-34-24-77-60-53(34)71/h11-14,19-21,25-29,34,36,44-45,48,65-67,69H,15-18,22-24H2,1-10H3,(H,57,72)(H,59,70)(H,60,71)/b12-11+,19-14+,32-13-. The quantitative estimate of drug-likeness (QED) is 0.0576. The molecular formula is C56H68N6O18. The number of fused-ring (bicyclic) bond motifs is 14. The topological polar surface area (TPSA) is 324 Å². The molecule has 1 aromatic heterocycles. The molecule has 5 bridgehead atoms. The van der Waals surface area contributed by atoms with E-state index in [0.717, 1.165) is 19.6 Å². The predicted molar refractivity (Wildman–Crippen MR) is 290 cm³/mol. The van der Waals surface area contributed by atoms with Gasteiger partial charge in [0.15, 0.2) is 22.4 Å². The molecule has 5 aliphatic heterocycles. The molecule has 7 N–H and O–H groups in total. The summed E-state index contributed by atoms with van der Waals surface area (Å²) in [6.45, 7) is 17.1. The van der Waals surface area contributed by atoms with Crippen LogP contribution in [-0.2, 0) is 47.8 Å². The highest BCUT2D eigenvalue weighted by atomic mass is 16.7. The number of aromatic hydroxyl groups is 1. The summed E-state index contributed by atoms with van der Waals surface area (Å²) in [5.41, 5.74) is -1.21. The zero-order valence-electron chi connectivity index (χ0n) is 46.1. The van der Waals surface area contributed by atoms with Crippen LogP contribution in [0.4, 0.5) is 11.4 Å². The number of amides is 3. The highest BCUT2D eigenvalue weighted by molar-refractivity contribution is 6.33. The molecule has 0 saturated carbocycles. The minimum atomic E-state index is -2.09. The van der Waals surface area contributed by atoms with E-state index in [1.807, 2.05) is 10.4 Å². The number of benzene rings is 3. The summed E-state index contributed by atoms with van der Waals surface area (Å²) < 4.78 is 35.9. The predicted octanol–water partition coefficient (Wildman–Crippen LogP) is 2.41. The number of allylic oxidation sites excluding steroid dienone is 2. The van der Waals surface area contributed by atoms with Gasteiger partial charge >= 0.3 is 23.6 Å². The molecule has 3 amide bonds. The van der Waals surface area contributed by atoms with Crippen molar-refractivity contribution in [3.05, 3.63) is 79.5 Å². The molecule has 9 rings (SSSR count). The number of phenolic OH excluding ortho intramolecular Hbond substituents is 1. The fourth-order valence-electron chi connectivity index (χ4n) is 10.7. The Balaban J connectivity index is 1.33. The Bertz CT molecular complexity index is 3400. The second-order valence-electron chi connectivity index (χ2n) is 21.4. The first-order valence-electron chi connectivity index (χ1n) is 26.4. The summed E-state index contributed by atoms with van der Waals surface area (Å²) in [7, 11) is 1.40. The Hall–Kier alpha value is -7.64. The van der Waals surface area contributed by atoms with Crippen molar-refractivity contribution in [1.82, 2.24) is 20.7 Å². The molecule has 10 unspecified atom stereocenters. The third-order valence-corrected chi connectivity index (χ3v) is 15.3. The van der Waals surface area contributed by atoms with Gasteiger partial charge in [-0.05, 0) is 18.9 Å². The average molecular weight is 1110 g/mol. The van der Waals surface area contributed by atoms with Crippen molar-refractivity contribution in [3.63, 3.8) is 0 Å². The third kappa shape index (κ3) is 11.5.